The number of carbonyl (C=O) groups excluding carboxylic acids is 2. The maximum absolute atomic E-state index is 11.9. The van der Waals surface area contributed by atoms with Crippen LogP contribution in [0.5, 0.6) is 11.5 Å². The van der Waals surface area contributed by atoms with Gasteiger partial charge in [-0.3, -0.25) is 9.59 Å². The van der Waals surface area contributed by atoms with Crippen LogP contribution >= 0.6 is 0 Å². The van der Waals surface area contributed by atoms with Crippen LogP contribution in [0, 0.1) is 0 Å². The van der Waals surface area contributed by atoms with Gasteiger partial charge < -0.3 is 14.4 Å². The topological polar surface area (TPSA) is 55.8 Å². The summed E-state index contributed by atoms with van der Waals surface area (Å²) in [6, 6.07) is 5.10. The molecule has 0 saturated heterocycles. The normalized spacial score (nSPS) is 10.2. The van der Waals surface area contributed by atoms with Crippen LogP contribution in [0.15, 0.2) is 18.2 Å². The number of nitrogens with zero attached hydrogens (tertiary/aromatic N) is 1. The number of amides is 1. The van der Waals surface area contributed by atoms with Crippen LogP contribution in [0.4, 0.5) is 0 Å². The van der Waals surface area contributed by atoms with E-state index in [4.69, 9.17) is 9.47 Å². The second kappa shape index (κ2) is 9.07. The van der Waals surface area contributed by atoms with E-state index in [1.165, 1.54) is 14.0 Å². The molecule has 0 saturated carbocycles. The Labute approximate surface area is 132 Å². The first kappa shape index (κ1) is 18.0. The lowest BCUT2D eigenvalue weighted by Gasteiger charge is -2.18. The van der Waals surface area contributed by atoms with E-state index < -0.39 is 0 Å². The molecule has 0 aliphatic carbocycles. The molecule has 5 nitrogen and oxygen atoms in total. The molecular weight excluding hydrogens is 282 g/mol. The minimum Gasteiger partial charge on any atom is -0.493 e. The van der Waals surface area contributed by atoms with Crippen molar-refractivity contribution in [1.82, 2.24) is 4.90 Å². The zero-order valence-corrected chi connectivity index (χ0v) is 13.8. The number of benzene rings is 1. The van der Waals surface area contributed by atoms with Gasteiger partial charge in [0, 0.05) is 25.1 Å². The van der Waals surface area contributed by atoms with Crippen molar-refractivity contribution in [1.29, 1.82) is 0 Å². The highest BCUT2D eigenvalue weighted by atomic mass is 16.5. The van der Waals surface area contributed by atoms with Crippen molar-refractivity contribution < 1.29 is 19.1 Å². The number of ketones is 1. The van der Waals surface area contributed by atoms with Gasteiger partial charge in [0.25, 0.3) is 0 Å². The number of hydrogen-bond acceptors (Lipinski definition) is 4. The molecule has 0 radical (unpaired) electrons. The van der Waals surface area contributed by atoms with Gasteiger partial charge in [0.05, 0.1) is 13.7 Å². The lowest BCUT2D eigenvalue weighted by Crippen LogP contribution is -2.30. The van der Waals surface area contributed by atoms with Gasteiger partial charge in [0.1, 0.15) is 0 Å². The van der Waals surface area contributed by atoms with Gasteiger partial charge in [-0.2, -0.15) is 0 Å². The summed E-state index contributed by atoms with van der Waals surface area (Å²) in [5.41, 5.74) is 0.584. The van der Waals surface area contributed by atoms with E-state index in [0.29, 0.717) is 36.5 Å². The first-order chi connectivity index (χ1) is 10.5. The molecule has 0 spiro atoms. The SMILES string of the molecule is CCN(CC)C(=O)CCCOc1ccc(C(C)=O)cc1OC. The lowest BCUT2D eigenvalue weighted by molar-refractivity contribution is -0.131. The molecule has 1 aromatic carbocycles. The smallest absolute Gasteiger partial charge is 0.222 e. The van der Waals surface area contributed by atoms with Crippen LogP contribution in [0.2, 0.25) is 0 Å². The van der Waals surface area contributed by atoms with Crippen molar-refractivity contribution in [3.63, 3.8) is 0 Å². The first-order valence-electron chi connectivity index (χ1n) is 7.63. The van der Waals surface area contributed by atoms with Gasteiger partial charge in [-0.15, -0.1) is 0 Å². The van der Waals surface area contributed by atoms with Crippen LogP contribution in [0.25, 0.3) is 0 Å². The van der Waals surface area contributed by atoms with Crippen molar-refractivity contribution >= 4 is 11.7 Å². The minimum absolute atomic E-state index is 0.0188. The van der Waals surface area contributed by atoms with E-state index in [1.54, 1.807) is 18.2 Å². The van der Waals surface area contributed by atoms with Crippen LogP contribution in [-0.4, -0.2) is 43.4 Å². The van der Waals surface area contributed by atoms with Gasteiger partial charge in [0.15, 0.2) is 17.3 Å². The molecule has 1 amide bonds. The third-order valence-electron chi connectivity index (χ3n) is 3.48. The number of hydrogen-bond donors (Lipinski definition) is 0. The molecule has 0 heterocycles. The average molecular weight is 307 g/mol. The third kappa shape index (κ3) is 5.06. The predicted octanol–water partition coefficient (Wildman–Crippen LogP) is 2.93. The fourth-order valence-electron chi connectivity index (χ4n) is 2.15. The molecule has 5 heteroatoms. The Morgan fingerprint density at radius 3 is 2.36 bits per heavy atom. The highest BCUT2D eigenvalue weighted by molar-refractivity contribution is 5.94. The molecule has 0 fully saturated rings. The average Bonchev–Trinajstić information content (AvgIpc) is 2.52. The number of ether oxygens (including phenoxy) is 2. The monoisotopic (exact) mass is 307 g/mol. The summed E-state index contributed by atoms with van der Waals surface area (Å²) in [7, 11) is 1.54. The van der Waals surface area contributed by atoms with Crippen molar-refractivity contribution in [3.05, 3.63) is 23.8 Å². The second-order valence-electron chi connectivity index (χ2n) is 4.94. The molecule has 0 aliphatic rings. The Hall–Kier alpha value is -2.04. The zero-order valence-electron chi connectivity index (χ0n) is 13.8. The Bertz CT molecular complexity index is 509. The number of Topliss-reactive ketones (excluding diaryl/α,β-unsaturated/α-hetero) is 1. The summed E-state index contributed by atoms with van der Waals surface area (Å²) in [4.78, 5) is 25.0. The summed E-state index contributed by atoms with van der Waals surface area (Å²) in [5, 5.41) is 0. The second-order valence-corrected chi connectivity index (χ2v) is 4.94. The van der Waals surface area contributed by atoms with Crippen molar-refractivity contribution in [2.45, 2.75) is 33.6 Å². The van der Waals surface area contributed by atoms with E-state index in [9.17, 15) is 9.59 Å². The Morgan fingerprint density at radius 2 is 1.82 bits per heavy atom. The fraction of sp³-hybridized carbons (Fsp3) is 0.529. The Morgan fingerprint density at radius 1 is 1.14 bits per heavy atom. The molecule has 0 unspecified atom stereocenters. The first-order valence-corrected chi connectivity index (χ1v) is 7.63. The van der Waals surface area contributed by atoms with E-state index in [-0.39, 0.29) is 11.7 Å². The van der Waals surface area contributed by atoms with Gasteiger partial charge in [-0.1, -0.05) is 0 Å². The van der Waals surface area contributed by atoms with E-state index in [0.717, 1.165) is 13.1 Å². The Kier molecular flexibility index (Phi) is 7.43. The Balaban J connectivity index is 2.51. The summed E-state index contributed by atoms with van der Waals surface area (Å²) in [6.07, 6.45) is 1.11. The van der Waals surface area contributed by atoms with Crippen molar-refractivity contribution in [3.8, 4) is 11.5 Å². The quantitative estimate of drug-likeness (QED) is 0.520. The predicted molar refractivity (Wildman–Crippen MR) is 85.7 cm³/mol. The molecule has 0 atom stereocenters. The molecule has 22 heavy (non-hydrogen) atoms. The number of carbonyl (C=O) groups is 2. The molecule has 1 rings (SSSR count). The van der Waals surface area contributed by atoms with Crippen LogP contribution in [-0.2, 0) is 4.79 Å². The highest BCUT2D eigenvalue weighted by Crippen LogP contribution is 2.28. The maximum atomic E-state index is 11.9. The summed E-state index contributed by atoms with van der Waals surface area (Å²) < 4.78 is 10.9. The molecule has 0 N–H and O–H groups in total. The van der Waals surface area contributed by atoms with Crippen LogP contribution in [0.3, 0.4) is 0 Å². The van der Waals surface area contributed by atoms with Gasteiger partial charge >= 0.3 is 0 Å². The number of rotatable bonds is 9. The lowest BCUT2D eigenvalue weighted by atomic mass is 10.1. The largest absolute Gasteiger partial charge is 0.493 e. The van der Waals surface area contributed by atoms with E-state index in [2.05, 4.69) is 0 Å². The minimum atomic E-state index is -0.0188. The van der Waals surface area contributed by atoms with Crippen LogP contribution in [0.1, 0.15) is 44.0 Å². The summed E-state index contributed by atoms with van der Waals surface area (Å²) in [5.74, 6) is 1.24. The molecule has 0 aliphatic heterocycles. The molecule has 0 aromatic heterocycles. The van der Waals surface area contributed by atoms with Gasteiger partial charge in [-0.25, -0.2) is 0 Å². The molecular formula is C17H25NO4. The van der Waals surface area contributed by atoms with E-state index in [1.807, 2.05) is 18.7 Å². The van der Waals surface area contributed by atoms with Crippen molar-refractivity contribution in [2.24, 2.45) is 0 Å². The zero-order chi connectivity index (χ0) is 16.5. The summed E-state index contributed by atoms with van der Waals surface area (Å²) in [6.45, 7) is 7.35. The number of methoxy groups -OCH3 is 1. The third-order valence-corrected chi connectivity index (χ3v) is 3.48. The fourth-order valence-corrected chi connectivity index (χ4v) is 2.15. The molecule has 0 bridgehead atoms. The molecule has 1 aromatic rings. The maximum Gasteiger partial charge on any atom is 0.222 e. The van der Waals surface area contributed by atoms with Crippen molar-refractivity contribution in [2.75, 3.05) is 26.8 Å². The van der Waals surface area contributed by atoms with Gasteiger partial charge in [-0.05, 0) is 45.4 Å². The van der Waals surface area contributed by atoms with E-state index >= 15 is 0 Å². The van der Waals surface area contributed by atoms with Crippen LogP contribution < -0.4 is 9.47 Å². The highest BCUT2D eigenvalue weighted by Gasteiger charge is 2.11. The van der Waals surface area contributed by atoms with Gasteiger partial charge in [0.2, 0.25) is 5.91 Å². The summed E-state index contributed by atoms with van der Waals surface area (Å²) >= 11 is 0. The standard InChI is InChI=1S/C17H25NO4/c1-5-18(6-2)17(20)8-7-11-22-15-10-9-14(13(3)19)12-16(15)21-4/h9-10,12H,5-8,11H2,1-4H3. The molecule has 122 valence electrons.